The lowest BCUT2D eigenvalue weighted by Gasteiger charge is -2.14. The Morgan fingerprint density at radius 2 is 2.32 bits per heavy atom. The molecular weight excluding hydrogens is 250 g/mol. The molecule has 2 heterocycles. The number of hydrogen-bond donors (Lipinski definition) is 1. The van der Waals surface area contributed by atoms with Gasteiger partial charge in [-0.15, -0.1) is 0 Å². The number of carbonyl (C=O) groups excluding carboxylic acids is 1. The van der Waals surface area contributed by atoms with Gasteiger partial charge >= 0.3 is 5.97 Å². The number of likely N-dealkylation sites (tertiary alicyclic amines) is 1. The molecule has 1 aromatic rings. The topological polar surface area (TPSA) is 96.5 Å². The van der Waals surface area contributed by atoms with Crippen LogP contribution in [0.3, 0.4) is 0 Å². The van der Waals surface area contributed by atoms with E-state index in [2.05, 4.69) is 10.1 Å². The molecule has 104 valence electrons. The zero-order chi connectivity index (χ0) is 14.0. The molecule has 2 rings (SSSR count). The summed E-state index contributed by atoms with van der Waals surface area (Å²) in [5.74, 6) is -0.322. The number of carboxylic acids is 1. The summed E-state index contributed by atoms with van der Waals surface area (Å²) in [6, 6.07) is 0. The molecule has 1 aromatic heterocycles. The Bertz CT molecular complexity index is 483. The maximum absolute atomic E-state index is 11.6. The van der Waals surface area contributed by atoms with E-state index in [1.165, 1.54) is 4.90 Å². The van der Waals surface area contributed by atoms with Crippen molar-refractivity contribution in [2.75, 3.05) is 13.1 Å². The van der Waals surface area contributed by atoms with E-state index in [0.717, 1.165) is 0 Å². The number of hydrogen-bond acceptors (Lipinski definition) is 5. The number of nitrogens with zero attached hydrogens (tertiary/aromatic N) is 3. The average molecular weight is 267 g/mol. The molecule has 0 aromatic carbocycles. The number of amides is 1. The van der Waals surface area contributed by atoms with Crippen LogP contribution in [0, 0.1) is 5.92 Å². The molecule has 0 radical (unpaired) electrons. The first-order valence-electron chi connectivity index (χ1n) is 6.30. The summed E-state index contributed by atoms with van der Waals surface area (Å²) in [6.45, 7) is 4.62. The summed E-state index contributed by atoms with van der Waals surface area (Å²) in [5.41, 5.74) is 0. The second-order valence-corrected chi connectivity index (χ2v) is 5.03. The molecule has 1 atom stereocenters. The second-order valence-electron chi connectivity index (χ2n) is 5.03. The van der Waals surface area contributed by atoms with Crippen LogP contribution in [-0.4, -0.2) is 45.1 Å². The predicted molar refractivity (Wildman–Crippen MR) is 64.4 cm³/mol. The highest BCUT2D eigenvalue weighted by Crippen LogP contribution is 2.18. The summed E-state index contributed by atoms with van der Waals surface area (Å²) in [7, 11) is 0. The first-order chi connectivity index (χ1) is 8.97. The highest BCUT2D eigenvalue weighted by atomic mass is 16.5. The minimum atomic E-state index is -0.921. The van der Waals surface area contributed by atoms with Crippen molar-refractivity contribution in [3.8, 4) is 0 Å². The number of rotatable bonds is 5. The van der Waals surface area contributed by atoms with Crippen molar-refractivity contribution in [1.82, 2.24) is 15.0 Å². The molecule has 19 heavy (non-hydrogen) atoms. The number of aliphatic carboxylic acids is 1. The summed E-state index contributed by atoms with van der Waals surface area (Å²) in [4.78, 5) is 28.2. The molecule has 1 N–H and O–H groups in total. The van der Waals surface area contributed by atoms with Gasteiger partial charge in [0.2, 0.25) is 11.8 Å². The van der Waals surface area contributed by atoms with Crippen molar-refractivity contribution in [3.63, 3.8) is 0 Å². The molecule has 0 saturated carbocycles. The number of aromatic nitrogens is 2. The highest BCUT2D eigenvalue weighted by Gasteiger charge is 2.34. The lowest BCUT2D eigenvalue weighted by atomic mass is 10.1. The highest BCUT2D eigenvalue weighted by molar-refractivity contribution is 5.86. The van der Waals surface area contributed by atoms with Gasteiger partial charge in [-0.1, -0.05) is 19.0 Å². The van der Waals surface area contributed by atoms with Gasteiger partial charge in [0.1, 0.15) is 0 Å². The smallest absolute Gasteiger partial charge is 0.308 e. The van der Waals surface area contributed by atoms with E-state index in [4.69, 9.17) is 9.63 Å². The van der Waals surface area contributed by atoms with Crippen molar-refractivity contribution in [1.29, 1.82) is 0 Å². The van der Waals surface area contributed by atoms with Crippen LogP contribution in [0.25, 0.3) is 0 Å². The summed E-state index contributed by atoms with van der Waals surface area (Å²) in [5, 5.41) is 12.7. The molecule has 0 aliphatic carbocycles. The van der Waals surface area contributed by atoms with E-state index >= 15 is 0 Å². The van der Waals surface area contributed by atoms with Crippen LogP contribution in [0.15, 0.2) is 4.52 Å². The van der Waals surface area contributed by atoms with E-state index in [1.54, 1.807) is 0 Å². The van der Waals surface area contributed by atoms with Gasteiger partial charge in [-0.25, -0.2) is 0 Å². The molecule has 1 aliphatic heterocycles. The molecule has 0 bridgehead atoms. The van der Waals surface area contributed by atoms with Crippen LogP contribution in [0.1, 0.15) is 37.9 Å². The summed E-state index contributed by atoms with van der Waals surface area (Å²) < 4.78 is 5.08. The molecule has 1 fully saturated rings. The van der Waals surface area contributed by atoms with E-state index in [0.29, 0.717) is 24.7 Å². The van der Waals surface area contributed by atoms with Crippen LogP contribution in [0.5, 0.6) is 0 Å². The van der Waals surface area contributed by atoms with Crippen LogP contribution < -0.4 is 0 Å². The molecule has 7 nitrogen and oxygen atoms in total. The van der Waals surface area contributed by atoms with Crippen LogP contribution >= 0.6 is 0 Å². The van der Waals surface area contributed by atoms with Crippen molar-refractivity contribution in [2.24, 2.45) is 5.92 Å². The maximum atomic E-state index is 11.6. The largest absolute Gasteiger partial charge is 0.481 e. The lowest BCUT2D eigenvalue weighted by molar-refractivity contribution is -0.141. The van der Waals surface area contributed by atoms with Gasteiger partial charge in [-0.2, -0.15) is 4.98 Å². The van der Waals surface area contributed by atoms with Gasteiger partial charge in [-0.05, 0) is 0 Å². The molecular formula is C12H17N3O4. The summed E-state index contributed by atoms with van der Waals surface area (Å²) >= 11 is 0. The van der Waals surface area contributed by atoms with Gasteiger partial charge in [0.15, 0.2) is 5.82 Å². The number of carbonyl (C=O) groups is 2. The first kappa shape index (κ1) is 13.5. The SMILES string of the molecule is CC(C)c1noc(CCN2CC(C(=O)O)CC2=O)n1. The fourth-order valence-electron chi connectivity index (χ4n) is 1.99. The minimum absolute atomic E-state index is 0.0798. The van der Waals surface area contributed by atoms with Crippen molar-refractivity contribution < 1.29 is 19.2 Å². The Labute approximate surface area is 110 Å². The molecule has 0 spiro atoms. The zero-order valence-electron chi connectivity index (χ0n) is 11.0. The first-order valence-corrected chi connectivity index (χ1v) is 6.30. The predicted octanol–water partition coefficient (Wildman–Crippen LogP) is 0.669. The fourth-order valence-corrected chi connectivity index (χ4v) is 1.99. The monoisotopic (exact) mass is 267 g/mol. The maximum Gasteiger partial charge on any atom is 0.308 e. The van der Waals surface area contributed by atoms with Gasteiger partial charge in [0, 0.05) is 31.8 Å². The van der Waals surface area contributed by atoms with Gasteiger partial charge < -0.3 is 14.5 Å². The normalized spacial score (nSPS) is 19.4. The quantitative estimate of drug-likeness (QED) is 0.842. The molecule has 1 aliphatic rings. The van der Waals surface area contributed by atoms with E-state index in [-0.39, 0.29) is 24.8 Å². The number of carboxylic acid groups (broad SMARTS) is 1. The van der Waals surface area contributed by atoms with E-state index < -0.39 is 11.9 Å². The minimum Gasteiger partial charge on any atom is -0.481 e. The average Bonchev–Trinajstić information content (AvgIpc) is 2.93. The Morgan fingerprint density at radius 1 is 1.58 bits per heavy atom. The Morgan fingerprint density at radius 3 is 2.84 bits per heavy atom. The van der Waals surface area contributed by atoms with Crippen molar-refractivity contribution >= 4 is 11.9 Å². The third-order valence-corrected chi connectivity index (χ3v) is 3.16. The van der Waals surface area contributed by atoms with E-state index in [1.807, 2.05) is 13.8 Å². The Kier molecular flexibility index (Phi) is 3.82. The molecule has 1 amide bonds. The standard InChI is InChI=1S/C12H17N3O4/c1-7(2)11-13-9(19-14-11)3-4-15-6-8(12(17)18)5-10(15)16/h7-8H,3-6H2,1-2H3,(H,17,18). The second kappa shape index (κ2) is 5.38. The Hall–Kier alpha value is -1.92. The van der Waals surface area contributed by atoms with E-state index in [9.17, 15) is 9.59 Å². The van der Waals surface area contributed by atoms with Gasteiger partial charge in [0.25, 0.3) is 0 Å². The van der Waals surface area contributed by atoms with Crippen molar-refractivity contribution in [2.45, 2.75) is 32.6 Å². The third-order valence-electron chi connectivity index (χ3n) is 3.16. The third kappa shape index (κ3) is 3.10. The molecule has 1 unspecified atom stereocenters. The zero-order valence-corrected chi connectivity index (χ0v) is 11.0. The van der Waals surface area contributed by atoms with Crippen LogP contribution in [0.4, 0.5) is 0 Å². The fraction of sp³-hybridized carbons (Fsp3) is 0.667. The Balaban J connectivity index is 1.88. The van der Waals surface area contributed by atoms with Crippen LogP contribution in [-0.2, 0) is 16.0 Å². The molecule has 7 heteroatoms. The van der Waals surface area contributed by atoms with Crippen molar-refractivity contribution in [3.05, 3.63) is 11.7 Å². The molecule has 1 saturated heterocycles. The summed E-state index contributed by atoms with van der Waals surface area (Å²) in [6.07, 6.45) is 0.536. The van der Waals surface area contributed by atoms with Crippen LogP contribution in [0.2, 0.25) is 0 Å². The van der Waals surface area contributed by atoms with Gasteiger partial charge in [0.05, 0.1) is 5.92 Å². The van der Waals surface area contributed by atoms with Gasteiger partial charge in [-0.3, -0.25) is 9.59 Å². The lowest BCUT2D eigenvalue weighted by Crippen LogP contribution is -2.28.